The molecular formula is C32H24BF5N2. The Balaban J connectivity index is 1.52. The van der Waals surface area contributed by atoms with Gasteiger partial charge in [0.05, 0.1) is 5.54 Å². The van der Waals surface area contributed by atoms with Crippen LogP contribution in [0.5, 0.6) is 0 Å². The van der Waals surface area contributed by atoms with E-state index in [9.17, 15) is 13.2 Å². The molecule has 2 nitrogen and oxygen atoms in total. The van der Waals surface area contributed by atoms with Crippen LogP contribution in [0.2, 0.25) is 0 Å². The molecule has 0 bridgehead atoms. The van der Waals surface area contributed by atoms with E-state index in [0.717, 1.165) is 53.4 Å². The van der Waals surface area contributed by atoms with Crippen molar-refractivity contribution in [3.05, 3.63) is 95.3 Å². The summed E-state index contributed by atoms with van der Waals surface area (Å²) in [5.41, 5.74) is 5.37. The smallest absolute Gasteiger partial charge is 0.252 e. The molecular weight excluding hydrogens is 518 g/mol. The van der Waals surface area contributed by atoms with Crippen LogP contribution in [0.15, 0.2) is 60.7 Å². The quantitative estimate of drug-likeness (QED) is 0.100. The standard InChI is InChI=1S/C32H24BF5N2/c1-31-15-7-8-16-32(31,2)40-21-12-6-4-10-19(21)33-18-9-3-5-11-20(18)39(22-14-13-17(31)29(40)23(22)33)30-27(37)25(35)24(34)26(36)28(30)38/h3-6,9-14H,7-8,15-16H2,1-2H3. The predicted octanol–water partition coefficient (Wildman–Crippen LogP) is 6.74. The Bertz CT molecular complexity index is 1760. The number of anilines is 5. The monoisotopic (exact) mass is 542 g/mol. The summed E-state index contributed by atoms with van der Waals surface area (Å²) in [6, 6.07) is 19.2. The third-order valence-corrected chi connectivity index (χ3v) is 10.2. The van der Waals surface area contributed by atoms with Gasteiger partial charge in [0.2, 0.25) is 5.82 Å². The molecule has 0 radical (unpaired) electrons. The van der Waals surface area contributed by atoms with E-state index in [1.54, 1.807) is 12.1 Å². The second-order valence-corrected chi connectivity index (χ2v) is 11.8. The lowest BCUT2D eigenvalue weighted by Crippen LogP contribution is -2.64. The Hall–Kier alpha value is -3.81. The number of benzene rings is 4. The molecule has 2 unspecified atom stereocenters. The van der Waals surface area contributed by atoms with Crippen LogP contribution < -0.4 is 26.2 Å². The molecule has 40 heavy (non-hydrogen) atoms. The molecule has 2 atom stereocenters. The van der Waals surface area contributed by atoms with Crippen LogP contribution in [0.3, 0.4) is 0 Å². The number of para-hydroxylation sites is 2. The van der Waals surface area contributed by atoms with Crippen molar-refractivity contribution in [3.63, 3.8) is 0 Å². The first-order valence-corrected chi connectivity index (χ1v) is 13.7. The van der Waals surface area contributed by atoms with Crippen molar-refractivity contribution in [1.29, 1.82) is 0 Å². The van der Waals surface area contributed by atoms with E-state index in [1.165, 1.54) is 10.5 Å². The summed E-state index contributed by atoms with van der Waals surface area (Å²) in [5.74, 6) is -9.78. The zero-order valence-corrected chi connectivity index (χ0v) is 22.0. The van der Waals surface area contributed by atoms with E-state index in [-0.39, 0.29) is 17.7 Å². The van der Waals surface area contributed by atoms with Gasteiger partial charge in [-0.15, -0.1) is 0 Å². The maximum atomic E-state index is 15.5. The van der Waals surface area contributed by atoms with E-state index in [4.69, 9.17) is 0 Å². The molecule has 0 amide bonds. The third kappa shape index (κ3) is 2.57. The van der Waals surface area contributed by atoms with Crippen molar-refractivity contribution in [2.24, 2.45) is 0 Å². The summed E-state index contributed by atoms with van der Waals surface area (Å²) in [4.78, 5) is 3.65. The van der Waals surface area contributed by atoms with E-state index < -0.39 is 34.8 Å². The van der Waals surface area contributed by atoms with Crippen molar-refractivity contribution in [2.45, 2.75) is 50.5 Å². The molecule has 200 valence electrons. The van der Waals surface area contributed by atoms with Crippen LogP contribution in [0.4, 0.5) is 50.4 Å². The molecule has 4 aliphatic rings. The fourth-order valence-electron chi connectivity index (χ4n) is 8.18. The molecule has 1 saturated carbocycles. The number of fused-ring (bicyclic) bond motifs is 8. The van der Waals surface area contributed by atoms with E-state index in [2.05, 4.69) is 30.9 Å². The Kier molecular flexibility index (Phi) is 4.61. The number of rotatable bonds is 1. The zero-order chi connectivity index (χ0) is 27.7. The highest BCUT2D eigenvalue weighted by atomic mass is 19.2. The van der Waals surface area contributed by atoms with Crippen molar-refractivity contribution < 1.29 is 22.0 Å². The maximum absolute atomic E-state index is 15.5. The Morgan fingerprint density at radius 2 is 1.20 bits per heavy atom. The van der Waals surface area contributed by atoms with Gasteiger partial charge >= 0.3 is 0 Å². The molecule has 3 aliphatic heterocycles. The van der Waals surface area contributed by atoms with Gasteiger partial charge in [0.15, 0.2) is 23.3 Å². The summed E-state index contributed by atoms with van der Waals surface area (Å²) in [7, 11) is 0. The number of hydrogen-bond acceptors (Lipinski definition) is 2. The second kappa shape index (κ2) is 7.68. The molecule has 8 heteroatoms. The Morgan fingerprint density at radius 3 is 1.90 bits per heavy atom. The van der Waals surface area contributed by atoms with Gasteiger partial charge in [0, 0.05) is 28.2 Å². The van der Waals surface area contributed by atoms with Crippen LogP contribution in [0.25, 0.3) is 0 Å². The van der Waals surface area contributed by atoms with Gasteiger partial charge in [0.1, 0.15) is 5.69 Å². The zero-order valence-electron chi connectivity index (χ0n) is 22.0. The first-order valence-electron chi connectivity index (χ1n) is 13.7. The lowest BCUT2D eigenvalue weighted by molar-refractivity contribution is 0.195. The summed E-state index contributed by atoms with van der Waals surface area (Å²) in [6.45, 7) is 4.34. The first kappa shape index (κ1) is 24.0. The lowest BCUT2D eigenvalue weighted by Gasteiger charge is -2.52. The molecule has 0 saturated heterocycles. The minimum Gasteiger partial charge on any atom is -0.335 e. The maximum Gasteiger partial charge on any atom is 0.252 e. The van der Waals surface area contributed by atoms with Gasteiger partial charge in [-0.05, 0) is 59.9 Å². The summed E-state index contributed by atoms with van der Waals surface area (Å²) in [5, 5.41) is 0. The summed E-state index contributed by atoms with van der Waals surface area (Å²) < 4.78 is 74.2. The highest BCUT2D eigenvalue weighted by Crippen LogP contribution is 2.62. The van der Waals surface area contributed by atoms with Gasteiger partial charge < -0.3 is 9.80 Å². The van der Waals surface area contributed by atoms with Crippen molar-refractivity contribution in [3.8, 4) is 0 Å². The molecule has 0 N–H and O–H groups in total. The largest absolute Gasteiger partial charge is 0.335 e. The normalized spacial score (nSPS) is 23.5. The predicted molar refractivity (Wildman–Crippen MR) is 148 cm³/mol. The molecule has 0 aromatic heterocycles. The second-order valence-electron chi connectivity index (χ2n) is 11.8. The van der Waals surface area contributed by atoms with Crippen LogP contribution in [-0.2, 0) is 5.41 Å². The minimum absolute atomic E-state index is 0.177. The minimum atomic E-state index is -2.16. The molecule has 8 rings (SSSR count). The number of halogens is 5. The van der Waals surface area contributed by atoms with Crippen molar-refractivity contribution in [1.82, 2.24) is 0 Å². The number of nitrogens with zero attached hydrogens (tertiary/aromatic N) is 2. The van der Waals surface area contributed by atoms with Crippen molar-refractivity contribution in [2.75, 3.05) is 9.80 Å². The molecule has 1 aliphatic carbocycles. The molecule has 3 heterocycles. The van der Waals surface area contributed by atoms with Gasteiger partial charge in [-0.1, -0.05) is 62.2 Å². The van der Waals surface area contributed by atoms with Gasteiger partial charge in [-0.25, -0.2) is 22.0 Å². The van der Waals surface area contributed by atoms with E-state index in [0.29, 0.717) is 11.4 Å². The summed E-state index contributed by atoms with van der Waals surface area (Å²) in [6.07, 6.45) is 4.16. The fourth-order valence-corrected chi connectivity index (χ4v) is 8.18. The molecule has 4 aromatic rings. The van der Waals surface area contributed by atoms with Crippen LogP contribution >= 0.6 is 0 Å². The van der Waals surface area contributed by atoms with Gasteiger partial charge in [-0.2, -0.15) is 0 Å². The van der Waals surface area contributed by atoms with E-state index in [1.807, 2.05) is 36.4 Å². The molecule has 4 aromatic carbocycles. The fraction of sp³-hybridized carbons (Fsp3) is 0.250. The highest BCUT2D eigenvalue weighted by Gasteiger charge is 2.61. The third-order valence-electron chi connectivity index (χ3n) is 10.2. The molecule has 1 fully saturated rings. The SMILES string of the molecule is CC12CCCCC1(C)N1c3ccccc3B3c4ccccc4N(c4c(F)c(F)c(F)c(F)c4F)c4ccc2c1c43. The molecule has 0 spiro atoms. The summed E-state index contributed by atoms with van der Waals surface area (Å²) >= 11 is 0. The van der Waals surface area contributed by atoms with Gasteiger partial charge in [-0.3, -0.25) is 0 Å². The van der Waals surface area contributed by atoms with E-state index >= 15 is 8.78 Å². The van der Waals surface area contributed by atoms with Crippen molar-refractivity contribution >= 4 is 51.5 Å². The topological polar surface area (TPSA) is 6.48 Å². The highest BCUT2D eigenvalue weighted by molar-refractivity contribution is 7.00. The average molecular weight is 542 g/mol. The average Bonchev–Trinajstić information content (AvgIpc) is 3.19. The number of hydrogen-bond donors (Lipinski definition) is 0. The van der Waals surface area contributed by atoms with Crippen LogP contribution in [0.1, 0.15) is 45.1 Å². The Morgan fingerprint density at radius 1 is 0.625 bits per heavy atom. The van der Waals surface area contributed by atoms with Crippen LogP contribution in [-0.4, -0.2) is 12.3 Å². The van der Waals surface area contributed by atoms with Gasteiger partial charge in [0.25, 0.3) is 6.71 Å². The Labute approximate surface area is 229 Å². The lowest BCUT2D eigenvalue weighted by atomic mass is 9.33. The first-order chi connectivity index (χ1) is 19.2. The van der Waals surface area contributed by atoms with Crippen LogP contribution in [0, 0.1) is 29.1 Å².